The highest BCUT2D eigenvalue weighted by atomic mass is 15.1. The number of nitrogens with zero attached hydrogens (tertiary/aromatic N) is 2. The number of hydrogen-bond acceptors (Lipinski definition) is 2. The number of pyridine rings is 1. The Kier molecular flexibility index (Phi) is 2.48. The topological polar surface area (TPSA) is 40.0 Å². The maximum absolute atomic E-state index is 7.86. The van der Waals surface area contributed by atoms with Crippen LogP contribution < -0.4 is 0 Å². The van der Waals surface area contributed by atoms with Crippen LogP contribution in [0.1, 0.15) is 18.5 Å². The molecule has 1 fully saturated rings. The van der Waals surface area contributed by atoms with Gasteiger partial charge < -0.3 is 4.90 Å². The second-order valence-electron chi connectivity index (χ2n) is 3.84. The van der Waals surface area contributed by atoms with Gasteiger partial charge in [-0.15, -0.1) is 0 Å². The van der Waals surface area contributed by atoms with Gasteiger partial charge >= 0.3 is 0 Å². The summed E-state index contributed by atoms with van der Waals surface area (Å²) >= 11 is 0. The molecule has 74 valence electrons. The van der Waals surface area contributed by atoms with Crippen LogP contribution in [0.5, 0.6) is 0 Å². The summed E-state index contributed by atoms with van der Waals surface area (Å²) in [6.07, 6.45) is 4.17. The Morgan fingerprint density at radius 2 is 2.36 bits per heavy atom. The van der Waals surface area contributed by atoms with Crippen LogP contribution >= 0.6 is 0 Å². The van der Waals surface area contributed by atoms with Gasteiger partial charge in [-0.1, -0.05) is 6.07 Å². The van der Waals surface area contributed by atoms with Gasteiger partial charge in [-0.3, -0.25) is 10.4 Å². The van der Waals surface area contributed by atoms with Gasteiger partial charge in [0, 0.05) is 19.2 Å². The van der Waals surface area contributed by atoms with E-state index in [1.54, 1.807) is 6.20 Å². The minimum atomic E-state index is 0.517. The quantitative estimate of drug-likeness (QED) is 0.582. The van der Waals surface area contributed by atoms with E-state index in [9.17, 15) is 0 Å². The zero-order chi connectivity index (χ0) is 9.97. The van der Waals surface area contributed by atoms with Crippen LogP contribution in [-0.2, 0) is 6.54 Å². The Hall–Kier alpha value is -1.38. The molecule has 0 bridgehead atoms. The molecule has 3 heteroatoms. The van der Waals surface area contributed by atoms with Crippen molar-refractivity contribution in [2.75, 3.05) is 7.05 Å². The van der Waals surface area contributed by atoms with Crippen molar-refractivity contribution in [3.63, 3.8) is 0 Å². The van der Waals surface area contributed by atoms with Gasteiger partial charge in [0.1, 0.15) is 0 Å². The summed E-state index contributed by atoms with van der Waals surface area (Å²) in [5.74, 6) is 1.28. The van der Waals surface area contributed by atoms with Crippen LogP contribution in [0.3, 0.4) is 0 Å². The number of amidine groups is 1. The second-order valence-corrected chi connectivity index (χ2v) is 3.84. The summed E-state index contributed by atoms with van der Waals surface area (Å²) in [5.41, 5.74) is 1.03. The molecule has 0 saturated heterocycles. The lowest BCUT2D eigenvalue weighted by Crippen LogP contribution is -2.27. The molecule has 0 amide bonds. The van der Waals surface area contributed by atoms with Crippen molar-refractivity contribution >= 4 is 5.84 Å². The largest absolute Gasteiger partial charge is 0.357 e. The van der Waals surface area contributed by atoms with E-state index in [1.165, 1.54) is 12.8 Å². The average Bonchev–Trinajstić information content (AvgIpc) is 3.01. The molecule has 1 aliphatic carbocycles. The first-order chi connectivity index (χ1) is 6.77. The van der Waals surface area contributed by atoms with E-state index in [0.717, 1.165) is 18.1 Å². The maximum atomic E-state index is 7.86. The molecule has 1 heterocycles. The molecular formula is C11H15N3. The second kappa shape index (κ2) is 3.78. The Morgan fingerprint density at radius 1 is 1.57 bits per heavy atom. The molecule has 0 unspecified atom stereocenters. The summed E-state index contributed by atoms with van der Waals surface area (Å²) in [6.45, 7) is 0.746. The Bertz CT molecular complexity index is 317. The first-order valence-electron chi connectivity index (χ1n) is 4.97. The van der Waals surface area contributed by atoms with Crippen molar-refractivity contribution < 1.29 is 0 Å². The molecule has 0 spiro atoms. The SMILES string of the molecule is CN(Cc1ccccn1)C(=N)C1CC1. The lowest BCUT2D eigenvalue weighted by molar-refractivity contribution is 0.474. The van der Waals surface area contributed by atoms with Crippen molar-refractivity contribution in [1.82, 2.24) is 9.88 Å². The summed E-state index contributed by atoms with van der Waals surface area (Å²) in [5, 5.41) is 7.86. The average molecular weight is 189 g/mol. The van der Waals surface area contributed by atoms with Crippen LogP contribution in [0.15, 0.2) is 24.4 Å². The number of rotatable bonds is 3. The molecule has 1 aliphatic rings. The Balaban J connectivity index is 1.93. The molecule has 1 N–H and O–H groups in total. The van der Waals surface area contributed by atoms with Gasteiger partial charge in [-0.2, -0.15) is 0 Å². The van der Waals surface area contributed by atoms with Crippen molar-refractivity contribution in [1.29, 1.82) is 5.41 Å². The van der Waals surface area contributed by atoms with E-state index in [2.05, 4.69) is 4.98 Å². The van der Waals surface area contributed by atoms with Crippen LogP contribution in [-0.4, -0.2) is 22.8 Å². The Labute approximate surface area is 84.3 Å². The van der Waals surface area contributed by atoms with Crippen LogP contribution in [0, 0.1) is 11.3 Å². The molecular weight excluding hydrogens is 174 g/mol. The van der Waals surface area contributed by atoms with Gasteiger partial charge in [0.2, 0.25) is 0 Å². The number of nitrogens with one attached hydrogen (secondary N) is 1. The van der Waals surface area contributed by atoms with E-state index >= 15 is 0 Å². The fourth-order valence-corrected chi connectivity index (χ4v) is 1.49. The monoisotopic (exact) mass is 189 g/mol. The molecule has 14 heavy (non-hydrogen) atoms. The predicted molar refractivity (Wildman–Crippen MR) is 56.2 cm³/mol. The third-order valence-electron chi connectivity index (χ3n) is 2.50. The fraction of sp³-hybridized carbons (Fsp3) is 0.455. The normalized spacial score (nSPS) is 15.2. The van der Waals surface area contributed by atoms with E-state index in [1.807, 2.05) is 30.1 Å². The number of hydrogen-bond donors (Lipinski definition) is 1. The van der Waals surface area contributed by atoms with Gasteiger partial charge in [0.15, 0.2) is 0 Å². The van der Waals surface area contributed by atoms with Gasteiger partial charge in [0.25, 0.3) is 0 Å². The molecule has 0 radical (unpaired) electrons. The summed E-state index contributed by atoms with van der Waals surface area (Å²) in [6, 6.07) is 5.89. The van der Waals surface area contributed by atoms with Crippen molar-refractivity contribution in [3.05, 3.63) is 30.1 Å². The standard InChI is InChI=1S/C11H15N3/c1-14(11(12)9-5-6-9)8-10-4-2-3-7-13-10/h2-4,7,9,12H,5-6,8H2,1H3. The number of aromatic nitrogens is 1. The zero-order valence-corrected chi connectivity index (χ0v) is 8.40. The molecule has 1 aromatic rings. The first kappa shape index (κ1) is 9.19. The van der Waals surface area contributed by atoms with E-state index in [-0.39, 0.29) is 0 Å². The molecule has 0 atom stereocenters. The zero-order valence-electron chi connectivity index (χ0n) is 8.40. The predicted octanol–water partition coefficient (Wildman–Crippen LogP) is 1.90. The minimum absolute atomic E-state index is 0.517. The highest BCUT2D eigenvalue weighted by molar-refractivity contribution is 5.83. The molecule has 3 nitrogen and oxygen atoms in total. The van der Waals surface area contributed by atoms with E-state index in [4.69, 9.17) is 5.41 Å². The fourth-order valence-electron chi connectivity index (χ4n) is 1.49. The van der Waals surface area contributed by atoms with Crippen LogP contribution in [0.4, 0.5) is 0 Å². The van der Waals surface area contributed by atoms with Gasteiger partial charge in [0.05, 0.1) is 18.1 Å². The van der Waals surface area contributed by atoms with Crippen molar-refractivity contribution in [2.45, 2.75) is 19.4 Å². The Morgan fingerprint density at radius 3 is 2.93 bits per heavy atom. The first-order valence-corrected chi connectivity index (χ1v) is 4.97. The molecule has 1 saturated carbocycles. The van der Waals surface area contributed by atoms with Crippen LogP contribution in [0.25, 0.3) is 0 Å². The third-order valence-corrected chi connectivity index (χ3v) is 2.50. The third kappa shape index (κ3) is 2.10. The summed E-state index contributed by atoms with van der Waals surface area (Å²) in [7, 11) is 1.97. The van der Waals surface area contributed by atoms with E-state index < -0.39 is 0 Å². The highest BCUT2D eigenvalue weighted by Gasteiger charge is 2.28. The lowest BCUT2D eigenvalue weighted by atomic mass is 10.3. The minimum Gasteiger partial charge on any atom is -0.357 e. The van der Waals surface area contributed by atoms with Crippen LogP contribution in [0.2, 0.25) is 0 Å². The maximum Gasteiger partial charge on any atom is 0.0990 e. The summed E-state index contributed by atoms with van der Waals surface area (Å²) in [4.78, 5) is 6.23. The van der Waals surface area contributed by atoms with Gasteiger partial charge in [-0.25, -0.2) is 0 Å². The van der Waals surface area contributed by atoms with Gasteiger partial charge in [-0.05, 0) is 25.0 Å². The highest BCUT2D eigenvalue weighted by Crippen LogP contribution is 2.31. The smallest absolute Gasteiger partial charge is 0.0990 e. The van der Waals surface area contributed by atoms with E-state index in [0.29, 0.717) is 5.92 Å². The van der Waals surface area contributed by atoms with Crippen molar-refractivity contribution in [3.8, 4) is 0 Å². The van der Waals surface area contributed by atoms with Crippen molar-refractivity contribution in [2.24, 2.45) is 5.92 Å². The molecule has 0 aromatic carbocycles. The summed E-state index contributed by atoms with van der Waals surface area (Å²) < 4.78 is 0. The molecule has 2 rings (SSSR count). The molecule has 1 aromatic heterocycles. The molecule has 0 aliphatic heterocycles. The lowest BCUT2D eigenvalue weighted by Gasteiger charge is -2.18.